The summed E-state index contributed by atoms with van der Waals surface area (Å²) >= 11 is 0. The highest BCUT2D eigenvalue weighted by atomic mass is 16.5. The maximum absolute atomic E-state index is 11.4. The summed E-state index contributed by atoms with van der Waals surface area (Å²) in [4.78, 5) is 11.4. The van der Waals surface area contributed by atoms with Gasteiger partial charge in [-0.2, -0.15) is 5.10 Å². The van der Waals surface area contributed by atoms with Gasteiger partial charge in [0, 0.05) is 0 Å². The van der Waals surface area contributed by atoms with Gasteiger partial charge in [-0.3, -0.25) is 0 Å². The molecule has 1 aromatic carbocycles. The third-order valence-corrected chi connectivity index (χ3v) is 2.42. The van der Waals surface area contributed by atoms with Crippen LogP contribution in [-0.4, -0.2) is 22.9 Å². The Morgan fingerprint density at radius 1 is 1.31 bits per heavy atom. The molecule has 0 radical (unpaired) electrons. The van der Waals surface area contributed by atoms with Crippen molar-refractivity contribution in [3.8, 4) is 5.69 Å². The predicted molar refractivity (Wildman–Crippen MR) is 59.6 cm³/mol. The second kappa shape index (κ2) is 4.18. The molecule has 0 aliphatic carbocycles. The lowest BCUT2D eigenvalue weighted by molar-refractivity contribution is 0.0600. The lowest BCUT2D eigenvalue weighted by Crippen LogP contribution is -2.04. The topological polar surface area (TPSA) is 44.1 Å². The first-order valence-electron chi connectivity index (χ1n) is 4.92. The molecule has 4 heteroatoms. The smallest absolute Gasteiger partial charge is 0.341 e. The SMILES string of the molecule is COC(=O)c1cnn(-c2ccccc2)c1C. The van der Waals surface area contributed by atoms with Crippen molar-refractivity contribution in [2.24, 2.45) is 0 Å². The Balaban J connectivity index is 2.45. The lowest BCUT2D eigenvalue weighted by atomic mass is 10.2. The van der Waals surface area contributed by atoms with Gasteiger partial charge in [0.2, 0.25) is 0 Å². The number of benzene rings is 1. The molecule has 0 unspecified atom stereocenters. The normalized spacial score (nSPS) is 10.1. The number of hydrogen-bond acceptors (Lipinski definition) is 3. The molecule has 0 N–H and O–H groups in total. The van der Waals surface area contributed by atoms with Gasteiger partial charge in [-0.15, -0.1) is 0 Å². The first-order valence-corrected chi connectivity index (χ1v) is 4.92. The second-order valence-electron chi connectivity index (χ2n) is 3.38. The van der Waals surface area contributed by atoms with Gasteiger partial charge in [0.25, 0.3) is 0 Å². The second-order valence-corrected chi connectivity index (χ2v) is 3.38. The van der Waals surface area contributed by atoms with Crippen molar-refractivity contribution in [1.29, 1.82) is 0 Å². The van der Waals surface area contributed by atoms with E-state index in [0.717, 1.165) is 11.4 Å². The van der Waals surface area contributed by atoms with E-state index in [1.807, 2.05) is 37.3 Å². The van der Waals surface area contributed by atoms with Crippen LogP contribution in [0.15, 0.2) is 36.5 Å². The van der Waals surface area contributed by atoms with Crippen molar-refractivity contribution in [2.75, 3.05) is 7.11 Å². The van der Waals surface area contributed by atoms with Crippen LogP contribution in [0, 0.1) is 6.92 Å². The molecular weight excluding hydrogens is 204 g/mol. The summed E-state index contributed by atoms with van der Waals surface area (Å²) in [6.45, 7) is 1.84. The zero-order chi connectivity index (χ0) is 11.5. The molecule has 2 rings (SSSR count). The first-order chi connectivity index (χ1) is 7.74. The fraction of sp³-hybridized carbons (Fsp3) is 0.167. The zero-order valence-electron chi connectivity index (χ0n) is 9.18. The molecule has 0 bridgehead atoms. The van der Waals surface area contributed by atoms with E-state index in [1.165, 1.54) is 13.3 Å². The van der Waals surface area contributed by atoms with Crippen molar-refractivity contribution >= 4 is 5.97 Å². The molecule has 16 heavy (non-hydrogen) atoms. The number of carbonyl (C=O) groups excluding carboxylic acids is 1. The quantitative estimate of drug-likeness (QED) is 0.721. The summed E-state index contributed by atoms with van der Waals surface area (Å²) in [5, 5.41) is 4.17. The number of nitrogens with zero attached hydrogens (tertiary/aromatic N) is 2. The van der Waals surface area contributed by atoms with E-state index in [-0.39, 0.29) is 5.97 Å². The number of hydrogen-bond donors (Lipinski definition) is 0. The highest BCUT2D eigenvalue weighted by Gasteiger charge is 2.14. The monoisotopic (exact) mass is 216 g/mol. The lowest BCUT2D eigenvalue weighted by Gasteiger charge is -2.04. The molecule has 0 amide bonds. The standard InChI is InChI=1S/C12H12N2O2/c1-9-11(12(15)16-2)8-13-14(9)10-6-4-3-5-7-10/h3-8H,1-2H3. The number of ether oxygens (including phenoxy) is 1. The number of aromatic nitrogens is 2. The molecule has 0 atom stereocenters. The molecular formula is C12H12N2O2. The van der Waals surface area contributed by atoms with Crippen molar-refractivity contribution in [2.45, 2.75) is 6.92 Å². The number of carbonyl (C=O) groups is 1. The molecule has 0 spiro atoms. The summed E-state index contributed by atoms with van der Waals surface area (Å²) in [5.74, 6) is -0.361. The minimum Gasteiger partial charge on any atom is -0.465 e. The Kier molecular flexibility index (Phi) is 2.72. The van der Waals surface area contributed by atoms with Gasteiger partial charge in [0.05, 0.1) is 24.7 Å². The van der Waals surface area contributed by atoms with Gasteiger partial charge in [-0.1, -0.05) is 18.2 Å². The zero-order valence-corrected chi connectivity index (χ0v) is 9.18. The van der Waals surface area contributed by atoms with E-state index in [9.17, 15) is 4.79 Å². The Labute approximate surface area is 93.5 Å². The summed E-state index contributed by atoms with van der Waals surface area (Å²) < 4.78 is 6.39. The number of rotatable bonds is 2. The van der Waals surface area contributed by atoms with Crippen molar-refractivity contribution in [1.82, 2.24) is 9.78 Å². The van der Waals surface area contributed by atoms with E-state index in [4.69, 9.17) is 0 Å². The molecule has 1 heterocycles. The van der Waals surface area contributed by atoms with Crippen LogP contribution in [0.25, 0.3) is 5.69 Å². The summed E-state index contributed by atoms with van der Waals surface area (Å²) in [6, 6.07) is 9.65. The van der Waals surface area contributed by atoms with E-state index >= 15 is 0 Å². The average molecular weight is 216 g/mol. The predicted octanol–water partition coefficient (Wildman–Crippen LogP) is 1.97. The third kappa shape index (κ3) is 1.69. The van der Waals surface area contributed by atoms with Crippen LogP contribution >= 0.6 is 0 Å². The van der Waals surface area contributed by atoms with Crippen molar-refractivity contribution in [3.63, 3.8) is 0 Å². The Morgan fingerprint density at radius 3 is 2.62 bits per heavy atom. The van der Waals surface area contributed by atoms with Crippen LogP contribution in [-0.2, 0) is 4.74 Å². The van der Waals surface area contributed by atoms with Crippen LogP contribution in [0.5, 0.6) is 0 Å². The van der Waals surface area contributed by atoms with Crippen LogP contribution in [0.4, 0.5) is 0 Å². The van der Waals surface area contributed by atoms with E-state index in [2.05, 4.69) is 9.84 Å². The summed E-state index contributed by atoms with van der Waals surface area (Å²) in [7, 11) is 1.36. The van der Waals surface area contributed by atoms with Gasteiger partial charge >= 0.3 is 5.97 Å². The molecule has 0 saturated heterocycles. The molecule has 0 aliphatic rings. The maximum atomic E-state index is 11.4. The first kappa shape index (κ1) is 10.4. The van der Waals surface area contributed by atoms with E-state index < -0.39 is 0 Å². The van der Waals surface area contributed by atoms with E-state index in [0.29, 0.717) is 5.56 Å². The van der Waals surface area contributed by atoms with Crippen LogP contribution < -0.4 is 0 Å². The summed E-state index contributed by atoms with van der Waals surface area (Å²) in [5.41, 5.74) is 2.19. The molecule has 1 aromatic heterocycles. The fourth-order valence-electron chi connectivity index (χ4n) is 1.55. The van der Waals surface area contributed by atoms with Crippen molar-refractivity contribution in [3.05, 3.63) is 47.8 Å². The fourth-order valence-corrected chi connectivity index (χ4v) is 1.55. The van der Waals surface area contributed by atoms with Gasteiger partial charge in [0.1, 0.15) is 5.56 Å². The molecule has 0 saturated carbocycles. The van der Waals surface area contributed by atoms with Crippen LogP contribution in [0.1, 0.15) is 16.1 Å². The van der Waals surface area contributed by atoms with Crippen LogP contribution in [0.2, 0.25) is 0 Å². The largest absolute Gasteiger partial charge is 0.465 e. The van der Waals surface area contributed by atoms with Crippen molar-refractivity contribution < 1.29 is 9.53 Å². The Morgan fingerprint density at radius 2 is 2.00 bits per heavy atom. The number of esters is 1. The highest BCUT2D eigenvalue weighted by molar-refractivity contribution is 5.90. The molecule has 0 aliphatic heterocycles. The number of methoxy groups -OCH3 is 1. The maximum Gasteiger partial charge on any atom is 0.341 e. The highest BCUT2D eigenvalue weighted by Crippen LogP contribution is 2.14. The van der Waals surface area contributed by atoms with Crippen LogP contribution in [0.3, 0.4) is 0 Å². The minimum absolute atomic E-state index is 0.361. The Bertz CT molecular complexity index is 503. The molecule has 82 valence electrons. The third-order valence-electron chi connectivity index (χ3n) is 2.42. The molecule has 2 aromatic rings. The molecule has 0 fully saturated rings. The Hall–Kier alpha value is -2.10. The summed E-state index contributed by atoms with van der Waals surface area (Å²) in [6.07, 6.45) is 1.52. The minimum atomic E-state index is -0.361. The van der Waals surface area contributed by atoms with Gasteiger partial charge in [-0.05, 0) is 19.1 Å². The number of para-hydroxylation sites is 1. The van der Waals surface area contributed by atoms with Gasteiger partial charge in [0.15, 0.2) is 0 Å². The van der Waals surface area contributed by atoms with Gasteiger partial charge < -0.3 is 4.74 Å². The average Bonchev–Trinajstić information content (AvgIpc) is 2.71. The van der Waals surface area contributed by atoms with E-state index in [1.54, 1.807) is 4.68 Å². The molecule has 4 nitrogen and oxygen atoms in total. The van der Waals surface area contributed by atoms with Gasteiger partial charge in [-0.25, -0.2) is 9.48 Å².